The van der Waals surface area contributed by atoms with Crippen molar-refractivity contribution in [3.8, 4) is 5.75 Å². The summed E-state index contributed by atoms with van der Waals surface area (Å²) in [5, 5.41) is 11.1. The van der Waals surface area contributed by atoms with Gasteiger partial charge in [0.1, 0.15) is 12.4 Å². The van der Waals surface area contributed by atoms with E-state index >= 15 is 0 Å². The van der Waals surface area contributed by atoms with E-state index in [0.717, 1.165) is 16.3 Å². The van der Waals surface area contributed by atoms with Crippen molar-refractivity contribution in [2.24, 2.45) is 0 Å². The molecule has 0 atom stereocenters. The largest absolute Gasteiger partial charge is 0.488 e. The van der Waals surface area contributed by atoms with Crippen LogP contribution in [0, 0.1) is 0 Å². The van der Waals surface area contributed by atoms with Crippen LogP contribution in [0.1, 0.15) is 15.9 Å². The molecule has 4 nitrogen and oxygen atoms in total. The van der Waals surface area contributed by atoms with Gasteiger partial charge in [-0.15, -0.1) is 0 Å². The van der Waals surface area contributed by atoms with Gasteiger partial charge < -0.3 is 9.84 Å². The lowest BCUT2D eigenvalue weighted by Gasteiger charge is -2.10. The number of hydrogen-bond acceptors (Lipinski definition) is 3. The number of rotatable bonds is 5. The molecule has 0 heterocycles. The van der Waals surface area contributed by atoms with Gasteiger partial charge in [0.25, 0.3) is 5.78 Å². The Hall–Kier alpha value is -3.14. The van der Waals surface area contributed by atoms with Crippen molar-refractivity contribution in [1.29, 1.82) is 0 Å². The minimum atomic E-state index is -1.49. The number of ether oxygens (including phenoxy) is 1. The van der Waals surface area contributed by atoms with E-state index in [9.17, 15) is 9.59 Å². The zero-order chi connectivity index (χ0) is 16.2. The van der Waals surface area contributed by atoms with Gasteiger partial charge >= 0.3 is 5.97 Å². The molecule has 0 bridgehead atoms. The first kappa shape index (κ1) is 14.8. The molecule has 0 spiro atoms. The van der Waals surface area contributed by atoms with Gasteiger partial charge in [-0.25, -0.2) is 4.79 Å². The van der Waals surface area contributed by atoms with Crippen LogP contribution in [0.3, 0.4) is 0 Å². The number of ketones is 1. The molecule has 3 aromatic carbocycles. The molecule has 0 saturated heterocycles. The number of hydrogen-bond donors (Lipinski definition) is 1. The minimum Gasteiger partial charge on any atom is -0.488 e. The lowest BCUT2D eigenvalue weighted by atomic mass is 10.1. The molecule has 1 N–H and O–H groups in total. The molecule has 114 valence electrons. The number of carboxylic acid groups (broad SMARTS) is 1. The van der Waals surface area contributed by atoms with Crippen molar-refractivity contribution in [2.45, 2.75) is 6.61 Å². The Labute approximate surface area is 132 Å². The Morgan fingerprint density at radius 2 is 1.57 bits per heavy atom. The Balaban J connectivity index is 1.82. The second kappa shape index (κ2) is 6.32. The van der Waals surface area contributed by atoms with Crippen LogP contribution in [0.25, 0.3) is 10.8 Å². The minimum absolute atomic E-state index is 0.0563. The molecule has 0 aliphatic rings. The van der Waals surface area contributed by atoms with Crippen LogP contribution in [0.4, 0.5) is 0 Å². The monoisotopic (exact) mass is 306 g/mol. The fraction of sp³-hybridized carbons (Fsp3) is 0.0526. The Morgan fingerprint density at radius 1 is 0.870 bits per heavy atom. The Morgan fingerprint density at radius 3 is 2.35 bits per heavy atom. The number of carbonyl (C=O) groups excluding carboxylic acids is 1. The van der Waals surface area contributed by atoms with Gasteiger partial charge in [-0.3, -0.25) is 4.79 Å². The summed E-state index contributed by atoms with van der Waals surface area (Å²) in [6, 6.07) is 20.3. The van der Waals surface area contributed by atoms with Crippen LogP contribution in [-0.2, 0) is 11.4 Å². The van der Waals surface area contributed by atoms with Gasteiger partial charge in [0.15, 0.2) is 0 Å². The second-order valence-corrected chi connectivity index (χ2v) is 5.10. The predicted octanol–water partition coefficient (Wildman–Crippen LogP) is 3.69. The second-order valence-electron chi connectivity index (χ2n) is 5.10. The van der Waals surface area contributed by atoms with Crippen LogP contribution in [0.2, 0.25) is 0 Å². The molecule has 0 fully saturated rings. The van der Waals surface area contributed by atoms with Gasteiger partial charge in [-0.05, 0) is 34.5 Å². The summed E-state index contributed by atoms with van der Waals surface area (Å²) in [4.78, 5) is 22.5. The maximum absolute atomic E-state index is 11.7. The quantitative estimate of drug-likeness (QED) is 0.577. The molecule has 0 aliphatic carbocycles. The summed E-state index contributed by atoms with van der Waals surface area (Å²) >= 11 is 0. The van der Waals surface area contributed by atoms with Crippen molar-refractivity contribution in [3.05, 3.63) is 77.9 Å². The topological polar surface area (TPSA) is 63.6 Å². The molecular weight excluding hydrogens is 292 g/mol. The zero-order valence-electron chi connectivity index (χ0n) is 12.2. The molecule has 0 radical (unpaired) electrons. The highest BCUT2D eigenvalue weighted by Gasteiger charge is 2.18. The van der Waals surface area contributed by atoms with Crippen LogP contribution >= 0.6 is 0 Å². The summed E-state index contributed by atoms with van der Waals surface area (Å²) in [7, 11) is 0. The number of fused-ring (bicyclic) bond motifs is 1. The lowest BCUT2D eigenvalue weighted by molar-refractivity contribution is -0.131. The molecule has 0 saturated carbocycles. The molecule has 0 aliphatic heterocycles. The third-order valence-corrected chi connectivity index (χ3v) is 3.53. The maximum atomic E-state index is 11.7. The summed E-state index contributed by atoms with van der Waals surface area (Å²) < 4.78 is 5.66. The standard InChI is InChI=1S/C19H14O4/c20-18(19(21)22)16-7-3-4-8-17(16)23-12-13-9-10-14-5-1-2-6-15(14)11-13/h1-11H,12H2,(H,21,22). The van der Waals surface area contributed by atoms with Crippen LogP contribution in [-0.4, -0.2) is 16.9 Å². The van der Waals surface area contributed by atoms with Crippen molar-refractivity contribution in [1.82, 2.24) is 0 Å². The molecule has 0 amide bonds. The van der Waals surface area contributed by atoms with E-state index in [1.54, 1.807) is 18.2 Å². The number of benzene rings is 3. The molecule has 0 aromatic heterocycles. The molecule has 23 heavy (non-hydrogen) atoms. The van der Waals surface area contributed by atoms with Crippen molar-refractivity contribution < 1.29 is 19.4 Å². The third kappa shape index (κ3) is 3.21. The van der Waals surface area contributed by atoms with Gasteiger partial charge in [0, 0.05) is 0 Å². The fourth-order valence-electron chi connectivity index (χ4n) is 2.38. The Kier molecular flexibility index (Phi) is 4.06. The van der Waals surface area contributed by atoms with Crippen molar-refractivity contribution in [3.63, 3.8) is 0 Å². The highest BCUT2D eigenvalue weighted by atomic mass is 16.5. The first-order valence-corrected chi connectivity index (χ1v) is 7.12. The highest BCUT2D eigenvalue weighted by molar-refractivity contribution is 6.40. The van der Waals surface area contributed by atoms with Gasteiger partial charge in [-0.1, -0.05) is 48.5 Å². The molecular formula is C19H14O4. The number of carboxylic acids is 1. The van der Waals surface area contributed by atoms with E-state index in [0.29, 0.717) is 0 Å². The molecule has 0 unspecified atom stereocenters. The number of Topliss-reactive ketones (excluding diaryl/α,β-unsaturated/α-hetero) is 1. The average Bonchev–Trinajstić information content (AvgIpc) is 2.59. The van der Waals surface area contributed by atoms with E-state index in [1.165, 1.54) is 6.07 Å². The highest BCUT2D eigenvalue weighted by Crippen LogP contribution is 2.21. The first-order valence-electron chi connectivity index (χ1n) is 7.12. The normalized spacial score (nSPS) is 10.4. The van der Waals surface area contributed by atoms with Gasteiger partial charge in [0.2, 0.25) is 0 Å². The smallest absolute Gasteiger partial charge is 0.377 e. The van der Waals surface area contributed by atoms with Crippen LogP contribution in [0.5, 0.6) is 5.75 Å². The van der Waals surface area contributed by atoms with E-state index in [1.807, 2.05) is 42.5 Å². The maximum Gasteiger partial charge on any atom is 0.377 e. The number of aliphatic carboxylic acids is 1. The van der Waals surface area contributed by atoms with E-state index in [2.05, 4.69) is 0 Å². The molecule has 4 heteroatoms. The SMILES string of the molecule is O=C(O)C(=O)c1ccccc1OCc1ccc2ccccc2c1. The first-order chi connectivity index (χ1) is 11.1. The van der Waals surface area contributed by atoms with Gasteiger partial charge in [0.05, 0.1) is 5.56 Å². The Bertz CT molecular complexity index is 883. The van der Waals surface area contributed by atoms with Crippen molar-refractivity contribution in [2.75, 3.05) is 0 Å². The van der Waals surface area contributed by atoms with E-state index in [4.69, 9.17) is 9.84 Å². The summed E-state index contributed by atoms with van der Waals surface area (Å²) in [5.74, 6) is -2.20. The van der Waals surface area contributed by atoms with Crippen LogP contribution < -0.4 is 4.74 Å². The zero-order valence-corrected chi connectivity index (χ0v) is 12.2. The number of para-hydroxylation sites is 1. The summed E-state index contributed by atoms with van der Waals surface area (Å²) in [5.41, 5.74) is 1.00. The fourth-order valence-corrected chi connectivity index (χ4v) is 2.38. The van der Waals surface area contributed by atoms with E-state index in [-0.39, 0.29) is 17.9 Å². The summed E-state index contributed by atoms with van der Waals surface area (Å²) in [6.07, 6.45) is 0. The van der Waals surface area contributed by atoms with Gasteiger partial charge in [-0.2, -0.15) is 0 Å². The number of carbonyl (C=O) groups is 2. The van der Waals surface area contributed by atoms with Crippen LogP contribution in [0.15, 0.2) is 66.7 Å². The predicted molar refractivity (Wildman–Crippen MR) is 86.7 cm³/mol. The third-order valence-electron chi connectivity index (χ3n) is 3.53. The summed E-state index contributed by atoms with van der Waals surface area (Å²) in [6.45, 7) is 0.259. The molecule has 3 rings (SSSR count). The average molecular weight is 306 g/mol. The molecule has 3 aromatic rings. The lowest BCUT2D eigenvalue weighted by Crippen LogP contribution is -2.14. The van der Waals surface area contributed by atoms with Crippen molar-refractivity contribution >= 4 is 22.5 Å². The van der Waals surface area contributed by atoms with E-state index < -0.39 is 11.8 Å².